The van der Waals surface area contributed by atoms with Crippen LogP contribution in [0.15, 0.2) is 33.9 Å². The van der Waals surface area contributed by atoms with Gasteiger partial charge in [0, 0.05) is 14.1 Å². The Morgan fingerprint density at radius 2 is 2.00 bits per heavy atom. The van der Waals surface area contributed by atoms with E-state index in [-0.39, 0.29) is 5.82 Å². The fourth-order valence-electron chi connectivity index (χ4n) is 1.75. The van der Waals surface area contributed by atoms with E-state index < -0.39 is 11.2 Å². The van der Waals surface area contributed by atoms with Crippen molar-refractivity contribution in [3.05, 3.63) is 45.1 Å². The fraction of sp³-hybridized carbons (Fsp3) is 0.308. The Morgan fingerprint density at radius 1 is 1.29 bits per heavy atom. The number of nitrogens with one attached hydrogen (secondary N) is 1. The molecule has 0 unspecified atom stereocenters. The van der Waals surface area contributed by atoms with E-state index in [2.05, 4.69) is 10.4 Å². The Kier molecular flexibility index (Phi) is 4.27. The summed E-state index contributed by atoms with van der Waals surface area (Å²) >= 11 is 0. The van der Waals surface area contributed by atoms with Gasteiger partial charge in [0.1, 0.15) is 12.4 Å². The third kappa shape index (κ3) is 3.22. The third-order valence-electron chi connectivity index (χ3n) is 2.89. The zero-order chi connectivity index (χ0) is 15.4. The molecule has 0 radical (unpaired) electrons. The molecule has 0 fully saturated rings. The molecule has 0 bridgehead atoms. The van der Waals surface area contributed by atoms with Crippen molar-refractivity contribution in [3.63, 3.8) is 0 Å². The van der Waals surface area contributed by atoms with Crippen LogP contribution in [-0.4, -0.2) is 27.5 Å². The molecule has 0 amide bonds. The summed E-state index contributed by atoms with van der Waals surface area (Å²) in [7, 11) is 2.88. The van der Waals surface area contributed by atoms with E-state index in [1.165, 1.54) is 14.1 Å². The highest BCUT2D eigenvalue weighted by Crippen LogP contribution is 2.19. The van der Waals surface area contributed by atoms with E-state index in [4.69, 9.17) is 10.5 Å². The normalized spacial score (nSPS) is 10.4. The number of hydrogen-bond donors (Lipinski definition) is 2. The molecule has 2 aromatic rings. The molecule has 0 spiro atoms. The summed E-state index contributed by atoms with van der Waals surface area (Å²) in [5.41, 5.74) is 5.35. The highest BCUT2D eigenvalue weighted by atomic mass is 16.5. The van der Waals surface area contributed by atoms with Gasteiger partial charge in [-0.25, -0.2) is 9.48 Å². The molecule has 1 aromatic heterocycles. The van der Waals surface area contributed by atoms with Crippen molar-refractivity contribution in [3.8, 4) is 5.75 Å². The van der Waals surface area contributed by atoms with E-state index in [0.29, 0.717) is 24.6 Å². The monoisotopic (exact) mass is 291 g/mol. The number of rotatable bonds is 5. The summed E-state index contributed by atoms with van der Waals surface area (Å²) in [5, 5.41) is 6.72. The van der Waals surface area contributed by atoms with Crippen molar-refractivity contribution in [2.45, 2.75) is 0 Å². The third-order valence-corrected chi connectivity index (χ3v) is 2.89. The summed E-state index contributed by atoms with van der Waals surface area (Å²) in [5.74, 6) is 0.685. The van der Waals surface area contributed by atoms with E-state index in [0.717, 1.165) is 9.25 Å². The number of hydrogen-bond acceptors (Lipinski definition) is 6. The maximum atomic E-state index is 11.8. The number of aryl methyl sites for hydroxylation is 1. The first-order valence-electron chi connectivity index (χ1n) is 6.36. The first kappa shape index (κ1) is 14.6. The van der Waals surface area contributed by atoms with Crippen molar-refractivity contribution in [2.24, 2.45) is 14.1 Å². The molecule has 0 saturated carbocycles. The molecule has 8 heteroatoms. The molecule has 8 nitrogen and oxygen atoms in total. The number of aromatic nitrogens is 3. The van der Waals surface area contributed by atoms with Crippen LogP contribution in [0.5, 0.6) is 5.75 Å². The van der Waals surface area contributed by atoms with Gasteiger partial charge in [0.25, 0.3) is 5.56 Å². The molecule has 0 aliphatic heterocycles. The Bertz CT molecular complexity index is 750. The number of benzene rings is 1. The molecule has 0 saturated heterocycles. The predicted octanol–water partition coefficient (Wildman–Crippen LogP) is -0.448. The van der Waals surface area contributed by atoms with Crippen molar-refractivity contribution < 1.29 is 4.74 Å². The van der Waals surface area contributed by atoms with E-state index in [1.54, 1.807) is 12.1 Å². The van der Waals surface area contributed by atoms with Gasteiger partial charge in [-0.05, 0) is 12.1 Å². The lowest BCUT2D eigenvalue weighted by molar-refractivity contribution is 0.334. The molecule has 21 heavy (non-hydrogen) atoms. The van der Waals surface area contributed by atoms with Gasteiger partial charge < -0.3 is 15.8 Å². The van der Waals surface area contributed by atoms with Gasteiger partial charge in [0.2, 0.25) is 5.82 Å². The average Bonchev–Trinajstić information content (AvgIpc) is 2.48. The first-order chi connectivity index (χ1) is 10.0. The van der Waals surface area contributed by atoms with Gasteiger partial charge in [-0.15, -0.1) is 5.10 Å². The van der Waals surface area contributed by atoms with Crippen LogP contribution in [-0.2, 0) is 14.1 Å². The topological polar surface area (TPSA) is 104 Å². The van der Waals surface area contributed by atoms with Crippen LogP contribution in [0.4, 0.5) is 11.5 Å². The highest BCUT2D eigenvalue weighted by molar-refractivity contribution is 5.51. The van der Waals surface area contributed by atoms with E-state index in [9.17, 15) is 9.59 Å². The Balaban J connectivity index is 1.97. The van der Waals surface area contributed by atoms with Crippen LogP contribution in [0.25, 0.3) is 0 Å². The molecule has 0 atom stereocenters. The quantitative estimate of drug-likeness (QED) is 0.571. The molecular weight excluding hydrogens is 274 g/mol. The van der Waals surface area contributed by atoms with Crippen molar-refractivity contribution in [1.29, 1.82) is 0 Å². The minimum Gasteiger partial charge on any atom is -0.490 e. The van der Waals surface area contributed by atoms with E-state index >= 15 is 0 Å². The van der Waals surface area contributed by atoms with Crippen molar-refractivity contribution in [2.75, 3.05) is 24.2 Å². The number of anilines is 2. The van der Waals surface area contributed by atoms with Crippen LogP contribution in [0.1, 0.15) is 0 Å². The molecule has 2 rings (SSSR count). The van der Waals surface area contributed by atoms with E-state index in [1.807, 2.05) is 12.1 Å². The number of nitrogens with two attached hydrogens (primary N) is 1. The number of nitrogen functional groups attached to an aromatic ring is 1. The van der Waals surface area contributed by atoms with Gasteiger partial charge in [0.05, 0.1) is 12.2 Å². The SMILES string of the molecule is Cn1nc(NCCOc2ccccc2N)c(=O)n(C)c1=O. The average molecular weight is 291 g/mol. The lowest BCUT2D eigenvalue weighted by Gasteiger charge is -2.10. The highest BCUT2D eigenvalue weighted by Gasteiger charge is 2.07. The largest absolute Gasteiger partial charge is 0.490 e. The summed E-state index contributed by atoms with van der Waals surface area (Å²) in [6.07, 6.45) is 0. The fourth-order valence-corrected chi connectivity index (χ4v) is 1.75. The second-order valence-corrected chi connectivity index (χ2v) is 4.43. The van der Waals surface area contributed by atoms with Crippen LogP contribution in [0.3, 0.4) is 0 Å². The Morgan fingerprint density at radius 3 is 2.71 bits per heavy atom. The van der Waals surface area contributed by atoms with Crippen LogP contribution in [0, 0.1) is 0 Å². The summed E-state index contributed by atoms with van der Waals surface area (Å²) in [6.45, 7) is 0.663. The zero-order valence-electron chi connectivity index (χ0n) is 11.9. The number of para-hydroxylation sites is 2. The lowest BCUT2D eigenvalue weighted by Crippen LogP contribution is -2.40. The number of ether oxygens (including phenoxy) is 1. The lowest BCUT2D eigenvalue weighted by atomic mass is 10.3. The molecule has 112 valence electrons. The zero-order valence-corrected chi connectivity index (χ0v) is 11.9. The first-order valence-corrected chi connectivity index (χ1v) is 6.36. The van der Waals surface area contributed by atoms with Crippen LogP contribution in [0.2, 0.25) is 0 Å². The molecule has 1 aromatic carbocycles. The van der Waals surface area contributed by atoms with Gasteiger partial charge in [0.15, 0.2) is 0 Å². The maximum Gasteiger partial charge on any atom is 0.346 e. The summed E-state index contributed by atoms with van der Waals surface area (Å²) in [6, 6.07) is 7.15. The van der Waals surface area contributed by atoms with Gasteiger partial charge >= 0.3 is 5.69 Å². The summed E-state index contributed by atoms with van der Waals surface area (Å²) in [4.78, 5) is 23.3. The molecule has 0 aliphatic rings. The maximum absolute atomic E-state index is 11.8. The molecule has 3 N–H and O–H groups in total. The van der Waals surface area contributed by atoms with Crippen molar-refractivity contribution in [1.82, 2.24) is 14.3 Å². The molecule has 0 aliphatic carbocycles. The minimum absolute atomic E-state index is 0.101. The smallest absolute Gasteiger partial charge is 0.346 e. The Labute approximate surface area is 120 Å². The molecular formula is C13H17N5O3. The minimum atomic E-state index is -0.475. The van der Waals surface area contributed by atoms with Crippen LogP contribution >= 0.6 is 0 Å². The van der Waals surface area contributed by atoms with Crippen molar-refractivity contribution >= 4 is 11.5 Å². The van der Waals surface area contributed by atoms with Gasteiger partial charge in [-0.1, -0.05) is 12.1 Å². The molecule has 1 heterocycles. The standard InChI is InChI=1S/C13H17N5O3/c1-17-12(19)11(16-18(2)13(17)20)15-7-8-21-10-6-4-3-5-9(10)14/h3-6H,7-8,14H2,1-2H3,(H,15,16). The number of nitrogens with zero attached hydrogens (tertiary/aromatic N) is 3. The Hall–Kier alpha value is -2.77. The predicted molar refractivity (Wildman–Crippen MR) is 79.6 cm³/mol. The summed E-state index contributed by atoms with van der Waals surface area (Å²) < 4.78 is 7.58. The van der Waals surface area contributed by atoms with Crippen LogP contribution < -0.4 is 27.0 Å². The second kappa shape index (κ2) is 6.12. The second-order valence-electron chi connectivity index (χ2n) is 4.43. The van der Waals surface area contributed by atoms with Gasteiger partial charge in [-0.2, -0.15) is 0 Å². The van der Waals surface area contributed by atoms with Gasteiger partial charge in [-0.3, -0.25) is 9.36 Å².